The first-order valence-corrected chi connectivity index (χ1v) is 14.2. The van der Waals surface area contributed by atoms with Gasteiger partial charge >= 0.3 is 6.36 Å². The van der Waals surface area contributed by atoms with Crippen molar-refractivity contribution in [2.75, 3.05) is 36.5 Å². The number of aryl methyl sites for hydroxylation is 1. The summed E-state index contributed by atoms with van der Waals surface area (Å²) in [5.74, 6) is 0.706. The third kappa shape index (κ3) is 9.87. The number of nitrogens with zero attached hydrogens (tertiary/aromatic N) is 5. The van der Waals surface area contributed by atoms with Crippen LogP contribution in [0.15, 0.2) is 53.6 Å². The van der Waals surface area contributed by atoms with E-state index in [0.29, 0.717) is 11.3 Å². The molecular weight excluding hydrogens is 582 g/mol. The van der Waals surface area contributed by atoms with Crippen molar-refractivity contribution in [2.45, 2.75) is 38.6 Å². The van der Waals surface area contributed by atoms with E-state index in [9.17, 15) is 31.9 Å². The molecule has 0 saturated carbocycles. The molecule has 226 valence electrons. The van der Waals surface area contributed by atoms with Gasteiger partial charge in [-0.05, 0) is 30.2 Å². The maximum Gasteiger partial charge on any atom is 0.573 e. The lowest BCUT2D eigenvalue weighted by Crippen LogP contribution is -2.38. The van der Waals surface area contributed by atoms with E-state index in [1.807, 2.05) is 11.8 Å². The third-order valence-electron chi connectivity index (χ3n) is 6.18. The number of alkyl halides is 4. The Labute approximate surface area is 242 Å². The molecule has 0 radical (unpaired) electrons. The predicted molar refractivity (Wildman–Crippen MR) is 147 cm³/mol. The molecule has 1 aromatic carbocycles. The fraction of sp³-hybridized carbons (Fsp3) is 0.423. The van der Waals surface area contributed by atoms with Gasteiger partial charge in [-0.15, -0.1) is 18.3 Å². The fourth-order valence-electron chi connectivity index (χ4n) is 4.12. The van der Waals surface area contributed by atoms with Crippen LogP contribution in [0.5, 0.6) is 5.75 Å². The Hall–Kier alpha value is -3.92. The topological polar surface area (TPSA) is 123 Å². The Kier molecular flexibility index (Phi) is 10.6. The molecule has 2 aromatic heterocycles. The number of hydrogen-bond donors (Lipinski definition) is 2. The number of halogens is 4. The van der Waals surface area contributed by atoms with Crippen molar-refractivity contribution in [3.8, 4) is 5.75 Å². The molecule has 1 atom stereocenters. The van der Waals surface area contributed by atoms with Crippen molar-refractivity contribution in [2.24, 2.45) is 0 Å². The molecule has 3 heterocycles. The van der Waals surface area contributed by atoms with E-state index in [-0.39, 0.29) is 49.8 Å². The van der Waals surface area contributed by atoms with Gasteiger partial charge in [0, 0.05) is 55.6 Å². The lowest BCUT2D eigenvalue weighted by molar-refractivity contribution is -0.274. The quantitative estimate of drug-likeness (QED) is 0.300. The van der Waals surface area contributed by atoms with Gasteiger partial charge in [0.1, 0.15) is 11.9 Å². The van der Waals surface area contributed by atoms with Gasteiger partial charge in [0.05, 0.1) is 19.3 Å². The van der Waals surface area contributed by atoms with Crippen LogP contribution in [0, 0.1) is 0 Å². The molecule has 1 unspecified atom stereocenters. The van der Waals surface area contributed by atoms with E-state index in [1.54, 1.807) is 6.07 Å². The summed E-state index contributed by atoms with van der Waals surface area (Å²) in [6, 6.07) is 8.03. The molecule has 0 bridgehead atoms. The number of hydrogen-bond acceptors (Lipinski definition) is 8. The molecule has 2 N–H and O–H groups in total. The maximum atomic E-state index is 14.7. The van der Waals surface area contributed by atoms with Gasteiger partial charge in [0.15, 0.2) is 5.69 Å². The Morgan fingerprint density at radius 1 is 1.14 bits per heavy atom. The van der Waals surface area contributed by atoms with Crippen molar-refractivity contribution in [3.63, 3.8) is 0 Å². The van der Waals surface area contributed by atoms with E-state index >= 15 is 0 Å². The summed E-state index contributed by atoms with van der Waals surface area (Å²) in [5, 5.41) is 12.7. The Morgan fingerprint density at radius 3 is 2.67 bits per heavy atom. The Morgan fingerprint density at radius 2 is 1.93 bits per heavy atom. The smallest absolute Gasteiger partial charge is 0.406 e. The zero-order valence-electron chi connectivity index (χ0n) is 22.3. The number of carbonyl (C=O) groups excluding carboxylic acids is 2. The van der Waals surface area contributed by atoms with Crippen LogP contribution < -0.4 is 20.9 Å². The SMILES string of the molecule is O=C(CN1CCSCC1)Nc1ccn(CCC(F)Cn2cc(C(=O)NCc3cccc(OC(F)(F)F)c3)nn2)c(=O)c1. The van der Waals surface area contributed by atoms with Crippen LogP contribution in [0.3, 0.4) is 0 Å². The molecule has 2 amide bonds. The largest absolute Gasteiger partial charge is 0.573 e. The average molecular weight is 612 g/mol. The van der Waals surface area contributed by atoms with Crippen molar-refractivity contribution in [1.29, 1.82) is 0 Å². The Balaban J connectivity index is 1.21. The Bertz CT molecular complexity index is 1430. The van der Waals surface area contributed by atoms with Crippen LogP contribution in [0.25, 0.3) is 0 Å². The summed E-state index contributed by atoms with van der Waals surface area (Å²) in [6.07, 6.45) is -3.52. The summed E-state index contributed by atoms with van der Waals surface area (Å²) < 4.78 is 58.2. The number of thioether (sulfide) groups is 1. The molecule has 1 aliphatic rings. The highest BCUT2D eigenvalue weighted by molar-refractivity contribution is 7.99. The molecule has 0 spiro atoms. The van der Waals surface area contributed by atoms with Gasteiger partial charge in [-0.1, -0.05) is 17.3 Å². The number of amides is 2. The maximum absolute atomic E-state index is 14.7. The molecule has 11 nitrogen and oxygen atoms in total. The van der Waals surface area contributed by atoms with Crippen LogP contribution >= 0.6 is 11.8 Å². The number of anilines is 1. The van der Waals surface area contributed by atoms with Crippen LogP contribution in [-0.2, 0) is 24.4 Å². The first-order chi connectivity index (χ1) is 20.0. The number of aromatic nitrogens is 4. The lowest BCUT2D eigenvalue weighted by Gasteiger charge is -2.25. The first kappa shape index (κ1) is 31.0. The van der Waals surface area contributed by atoms with E-state index in [2.05, 4.69) is 30.6 Å². The summed E-state index contributed by atoms with van der Waals surface area (Å²) in [4.78, 5) is 39.1. The highest BCUT2D eigenvalue weighted by Gasteiger charge is 2.31. The third-order valence-corrected chi connectivity index (χ3v) is 7.12. The second-order valence-corrected chi connectivity index (χ2v) is 10.7. The second kappa shape index (κ2) is 14.3. The van der Waals surface area contributed by atoms with Crippen LogP contribution in [-0.4, -0.2) is 79.9 Å². The molecule has 0 aliphatic carbocycles. The van der Waals surface area contributed by atoms with Gasteiger partial charge < -0.3 is 19.9 Å². The summed E-state index contributed by atoms with van der Waals surface area (Å²) in [6.45, 7) is 1.72. The molecular formula is C26H29F4N7O4S. The molecule has 16 heteroatoms. The summed E-state index contributed by atoms with van der Waals surface area (Å²) >= 11 is 1.85. The second-order valence-electron chi connectivity index (χ2n) is 9.47. The molecule has 1 fully saturated rings. The van der Waals surface area contributed by atoms with Gasteiger partial charge in [0.25, 0.3) is 11.5 Å². The van der Waals surface area contributed by atoms with Gasteiger partial charge in [0.2, 0.25) is 5.91 Å². The van der Waals surface area contributed by atoms with Crippen LogP contribution in [0.1, 0.15) is 22.5 Å². The van der Waals surface area contributed by atoms with Crippen molar-refractivity contribution in [1.82, 2.24) is 29.8 Å². The van der Waals surface area contributed by atoms with Crippen molar-refractivity contribution >= 4 is 29.3 Å². The monoisotopic (exact) mass is 611 g/mol. The van der Waals surface area contributed by atoms with Crippen molar-refractivity contribution < 1.29 is 31.9 Å². The lowest BCUT2D eigenvalue weighted by atomic mass is 10.2. The highest BCUT2D eigenvalue weighted by atomic mass is 32.2. The van der Waals surface area contributed by atoms with Gasteiger partial charge in [-0.2, -0.15) is 11.8 Å². The fourth-order valence-corrected chi connectivity index (χ4v) is 5.10. The number of nitrogens with one attached hydrogen (secondary N) is 2. The van der Waals surface area contributed by atoms with Crippen molar-refractivity contribution in [3.05, 3.63) is 70.4 Å². The molecule has 4 rings (SSSR count). The highest BCUT2D eigenvalue weighted by Crippen LogP contribution is 2.23. The normalized spacial score (nSPS) is 14.8. The average Bonchev–Trinajstić information content (AvgIpc) is 3.39. The minimum Gasteiger partial charge on any atom is -0.406 e. The van der Waals surface area contributed by atoms with E-state index in [0.717, 1.165) is 41.4 Å². The van der Waals surface area contributed by atoms with Crippen LogP contribution in [0.4, 0.5) is 23.2 Å². The molecule has 3 aromatic rings. The van der Waals surface area contributed by atoms with Crippen LogP contribution in [0.2, 0.25) is 0 Å². The van der Waals surface area contributed by atoms with E-state index in [4.69, 9.17) is 0 Å². The predicted octanol–water partition coefficient (Wildman–Crippen LogP) is 2.68. The molecule has 1 aliphatic heterocycles. The van der Waals surface area contributed by atoms with E-state index in [1.165, 1.54) is 35.2 Å². The summed E-state index contributed by atoms with van der Waals surface area (Å²) in [7, 11) is 0. The minimum atomic E-state index is -4.83. The molecule has 42 heavy (non-hydrogen) atoms. The molecule has 1 saturated heterocycles. The minimum absolute atomic E-state index is 0.0175. The van der Waals surface area contributed by atoms with E-state index < -0.39 is 24.2 Å². The van der Waals surface area contributed by atoms with Gasteiger partial charge in [-0.3, -0.25) is 19.3 Å². The zero-order chi connectivity index (χ0) is 30.1. The standard InChI is InChI=1S/C26H29F4N7O4S/c27-19(4-6-36-7-5-20(13-24(36)39)32-23(38)17-35-8-10-42-11-9-35)15-37-16-22(33-34-37)25(40)31-14-18-2-1-3-21(12-18)41-26(28,29)30/h1-3,5,7,12-13,16,19H,4,6,8-11,14-15,17H2,(H,31,40)(H,32,38). The summed E-state index contributed by atoms with van der Waals surface area (Å²) in [5.41, 5.74) is 0.256. The number of pyridine rings is 1. The number of rotatable bonds is 12. The number of benzene rings is 1. The number of carbonyl (C=O) groups is 2. The van der Waals surface area contributed by atoms with Gasteiger partial charge in [-0.25, -0.2) is 9.07 Å². The number of ether oxygens (including phenoxy) is 1. The first-order valence-electron chi connectivity index (χ1n) is 13.0. The zero-order valence-corrected chi connectivity index (χ0v) is 23.2.